The van der Waals surface area contributed by atoms with Crippen LogP contribution in [0.2, 0.25) is 0 Å². The zero-order valence-electron chi connectivity index (χ0n) is 12.7. The highest BCUT2D eigenvalue weighted by Crippen LogP contribution is 2.27. The van der Waals surface area contributed by atoms with E-state index in [-0.39, 0.29) is 6.04 Å². The Morgan fingerprint density at radius 3 is 2.54 bits per heavy atom. The van der Waals surface area contributed by atoms with Gasteiger partial charge in [0.1, 0.15) is 12.0 Å². The summed E-state index contributed by atoms with van der Waals surface area (Å²) < 4.78 is 37.7. The molecule has 0 aliphatic carbocycles. The SMILES string of the molecule is C[C@@H](Nc1cnccn1)c1ccc(C2NOC(C(F)(F)F)N2)cc1. The Kier molecular flexibility index (Phi) is 4.65. The van der Waals surface area contributed by atoms with Gasteiger partial charge in [-0.1, -0.05) is 24.3 Å². The Balaban J connectivity index is 1.63. The lowest BCUT2D eigenvalue weighted by Crippen LogP contribution is -2.39. The standard InChI is InChI=1S/C15H16F3N5O/c1-9(21-12-8-19-6-7-20-12)10-2-4-11(5-3-10)13-22-14(24-23-13)15(16,17)18/h2-9,13-14,22-23H,1H3,(H,20,21)/t9-,13?,14?/m1/s1. The van der Waals surface area contributed by atoms with E-state index < -0.39 is 18.6 Å². The summed E-state index contributed by atoms with van der Waals surface area (Å²) in [6.07, 6.45) is -2.40. The van der Waals surface area contributed by atoms with Crippen LogP contribution in [-0.4, -0.2) is 22.4 Å². The van der Waals surface area contributed by atoms with E-state index >= 15 is 0 Å². The molecule has 3 atom stereocenters. The van der Waals surface area contributed by atoms with Crippen LogP contribution in [0.1, 0.15) is 30.3 Å². The van der Waals surface area contributed by atoms with Crippen LogP contribution in [0.4, 0.5) is 19.0 Å². The van der Waals surface area contributed by atoms with Crippen LogP contribution < -0.4 is 16.1 Å². The Bertz CT molecular complexity index is 665. The summed E-state index contributed by atoms with van der Waals surface area (Å²) in [6, 6.07) is 7.15. The van der Waals surface area contributed by atoms with Crippen LogP contribution >= 0.6 is 0 Å². The molecule has 1 fully saturated rings. The predicted octanol–water partition coefficient (Wildman–Crippen LogP) is 2.66. The van der Waals surface area contributed by atoms with E-state index in [1.165, 1.54) is 0 Å². The topological polar surface area (TPSA) is 71.1 Å². The molecule has 0 saturated carbocycles. The van der Waals surface area contributed by atoms with Crippen LogP contribution in [0.5, 0.6) is 0 Å². The third-order valence-corrected chi connectivity index (χ3v) is 3.62. The molecule has 0 spiro atoms. The molecule has 1 saturated heterocycles. The van der Waals surface area contributed by atoms with Gasteiger partial charge in [0.2, 0.25) is 6.23 Å². The van der Waals surface area contributed by atoms with Crippen molar-refractivity contribution in [3.63, 3.8) is 0 Å². The zero-order valence-corrected chi connectivity index (χ0v) is 12.7. The fourth-order valence-electron chi connectivity index (χ4n) is 2.34. The monoisotopic (exact) mass is 339 g/mol. The van der Waals surface area contributed by atoms with Crippen LogP contribution in [0.3, 0.4) is 0 Å². The largest absolute Gasteiger partial charge is 0.430 e. The predicted molar refractivity (Wildman–Crippen MR) is 80.5 cm³/mol. The van der Waals surface area contributed by atoms with E-state index in [9.17, 15) is 13.2 Å². The molecule has 9 heteroatoms. The van der Waals surface area contributed by atoms with Crippen molar-refractivity contribution in [2.24, 2.45) is 0 Å². The van der Waals surface area contributed by atoms with Crippen molar-refractivity contribution in [2.45, 2.75) is 31.5 Å². The number of anilines is 1. The maximum atomic E-state index is 12.6. The van der Waals surface area contributed by atoms with Crippen LogP contribution in [0, 0.1) is 0 Å². The molecule has 1 aliphatic rings. The van der Waals surface area contributed by atoms with E-state index in [4.69, 9.17) is 0 Å². The summed E-state index contributed by atoms with van der Waals surface area (Å²) in [5.41, 5.74) is 3.97. The number of nitrogens with one attached hydrogen (secondary N) is 3. The summed E-state index contributed by atoms with van der Waals surface area (Å²) in [5.74, 6) is 0.648. The van der Waals surface area contributed by atoms with Gasteiger partial charge in [-0.25, -0.2) is 4.98 Å². The van der Waals surface area contributed by atoms with Gasteiger partial charge in [-0.05, 0) is 18.1 Å². The van der Waals surface area contributed by atoms with Crippen molar-refractivity contribution in [3.8, 4) is 0 Å². The third-order valence-electron chi connectivity index (χ3n) is 3.62. The minimum absolute atomic E-state index is 0.0283. The lowest BCUT2D eigenvalue weighted by Gasteiger charge is -2.16. The number of hydrogen-bond donors (Lipinski definition) is 3. The van der Waals surface area contributed by atoms with E-state index in [0.29, 0.717) is 11.4 Å². The van der Waals surface area contributed by atoms with Gasteiger partial charge >= 0.3 is 6.18 Å². The quantitative estimate of drug-likeness (QED) is 0.796. The van der Waals surface area contributed by atoms with Gasteiger partial charge in [0.05, 0.1) is 6.20 Å². The number of benzene rings is 1. The van der Waals surface area contributed by atoms with Crippen molar-refractivity contribution >= 4 is 5.82 Å². The molecule has 3 N–H and O–H groups in total. The van der Waals surface area contributed by atoms with Crippen LogP contribution in [-0.2, 0) is 4.84 Å². The Morgan fingerprint density at radius 1 is 1.21 bits per heavy atom. The average molecular weight is 339 g/mol. The molecule has 24 heavy (non-hydrogen) atoms. The van der Waals surface area contributed by atoms with E-state index in [2.05, 4.69) is 30.9 Å². The minimum atomic E-state index is -4.46. The number of hydroxylamine groups is 1. The molecule has 2 heterocycles. The molecule has 0 amide bonds. The second kappa shape index (κ2) is 6.71. The number of rotatable bonds is 4. The summed E-state index contributed by atoms with van der Waals surface area (Å²) in [5, 5.41) is 5.54. The highest BCUT2D eigenvalue weighted by Gasteiger charge is 2.46. The summed E-state index contributed by atoms with van der Waals surface area (Å²) >= 11 is 0. The maximum absolute atomic E-state index is 12.6. The Morgan fingerprint density at radius 2 is 1.96 bits per heavy atom. The number of hydrogen-bond acceptors (Lipinski definition) is 6. The summed E-state index contributed by atoms with van der Waals surface area (Å²) in [4.78, 5) is 12.6. The molecular weight excluding hydrogens is 323 g/mol. The van der Waals surface area contributed by atoms with Gasteiger partial charge in [-0.15, -0.1) is 0 Å². The molecular formula is C15H16F3N5O. The normalized spacial score (nSPS) is 22.3. The molecule has 0 bridgehead atoms. The molecule has 3 rings (SSSR count). The zero-order chi connectivity index (χ0) is 17.2. The van der Waals surface area contributed by atoms with Crippen molar-refractivity contribution in [1.29, 1.82) is 0 Å². The molecule has 1 aliphatic heterocycles. The number of halogens is 3. The Hall–Kier alpha value is -2.23. The van der Waals surface area contributed by atoms with Gasteiger partial charge in [-0.2, -0.15) is 18.7 Å². The second-order valence-electron chi connectivity index (χ2n) is 5.38. The summed E-state index contributed by atoms with van der Waals surface area (Å²) in [7, 11) is 0. The van der Waals surface area contributed by atoms with Gasteiger partial charge < -0.3 is 5.32 Å². The average Bonchev–Trinajstić information content (AvgIpc) is 3.06. The minimum Gasteiger partial charge on any atom is -0.362 e. The lowest BCUT2D eigenvalue weighted by molar-refractivity contribution is -0.224. The van der Waals surface area contributed by atoms with E-state index in [0.717, 1.165) is 5.56 Å². The number of alkyl halides is 3. The molecule has 2 unspecified atom stereocenters. The van der Waals surface area contributed by atoms with Gasteiger partial charge in [-0.3, -0.25) is 15.1 Å². The fraction of sp³-hybridized carbons (Fsp3) is 0.333. The Labute approximate surface area is 136 Å². The first-order valence-electron chi connectivity index (χ1n) is 7.30. The smallest absolute Gasteiger partial charge is 0.362 e. The van der Waals surface area contributed by atoms with Gasteiger partial charge in [0, 0.05) is 18.4 Å². The number of nitrogens with zero attached hydrogens (tertiary/aromatic N) is 2. The first-order chi connectivity index (χ1) is 11.4. The highest BCUT2D eigenvalue weighted by molar-refractivity contribution is 5.36. The van der Waals surface area contributed by atoms with E-state index in [1.54, 1.807) is 30.7 Å². The van der Waals surface area contributed by atoms with Gasteiger partial charge in [0.25, 0.3) is 0 Å². The molecule has 2 aromatic rings. The molecule has 6 nitrogen and oxygen atoms in total. The maximum Gasteiger partial charge on any atom is 0.430 e. The van der Waals surface area contributed by atoms with E-state index in [1.807, 2.05) is 19.1 Å². The molecule has 0 radical (unpaired) electrons. The van der Waals surface area contributed by atoms with Crippen molar-refractivity contribution in [3.05, 3.63) is 54.0 Å². The van der Waals surface area contributed by atoms with Crippen LogP contribution in [0.15, 0.2) is 42.9 Å². The molecule has 128 valence electrons. The molecule has 1 aromatic carbocycles. The third kappa shape index (κ3) is 3.81. The lowest BCUT2D eigenvalue weighted by atomic mass is 10.0. The van der Waals surface area contributed by atoms with Crippen LogP contribution in [0.25, 0.3) is 0 Å². The number of aromatic nitrogens is 2. The summed E-state index contributed by atoms with van der Waals surface area (Å²) in [6.45, 7) is 1.96. The first-order valence-corrected chi connectivity index (χ1v) is 7.30. The fourth-order valence-corrected chi connectivity index (χ4v) is 2.34. The van der Waals surface area contributed by atoms with Crippen molar-refractivity contribution in [1.82, 2.24) is 20.8 Å². The van der Waals surface area contributed by atoms with Gasteiger partial charge in [0.15, 0.2) is 0 Å². The molecule has 1 aromatic heterocycles. The second-order valence-corrected chi connectivity index (χ2v) is 5.38. The first kappa shape index (κ1) is 16.6. The van der Waals surface area contributed by atoms with Crippen molar-refractivity contribution < 1.29 is 18.0 Å². The highest BCUT2D eigenvalue weighted by atomic mass is 19.4. The van der Waals surface area contributed by atoms with Crippen molar-refractivity contribution in [2.75, 3.05) is 5.32 Å².